The molecule has 0 amide bonds. The van der Waals surface area contributed by atoms with Crippen molar-refractivity contribution in [2.75, 3.05) is 43.4 Å². The van der Waals surface area contributed by atoms with Crippen LogP contribution in [0.1, 0.15) is 32.6 Å². The lowest BCUT2D eigenvalue weighted by Crippen LogP contribution is -2.44. The number of nitrogens with two attached hydrogens (primary N) is 2. The lowest BCUT2D eigenvalue weighted by Gasteiger charge is -2.27. The first-order valence-corrected chi connectivity index (χ1v) is 16.2. The number of anilines is 2. The third-order valence-corrected chi connectivity index (χ3v) is 9.76. The quantitative estimate of drug-likeness (QED) is 0.0614. The number of hydrogen-bond acceptors (Lipinski definition) is 15. The summed E-state index contributed by atoms with van der Waals surface area (Å²) in [5.41, 5.74) is 4.38. The molecule has 242 valence electrons. The molecular formula is C26H39N8O8PS. The van der Waals surface area contributed by atoms with Crippen LogP contribution in [0.2, 0.25) is 0 Å². The number of hydrogen-bond donors (Lipinski definition) is 6. The van der Waals surface area contributed by atoms with E-state index in [2.05, 4.69) is 20.0 Å². The molecule has 0 spiro atoms. The van der Waals surface area contributed by atoms with E-state index in [-0.39, 0.29) is 48.0 Å². The molecule has 4 rings (SSSR count). The number of carbonyl (C=O) groups excluding carboxylic acids is 1. The lowest BCUT2D eigenvalue weighted by molar-refractivity contribution is -0.119. The molecule has 0 aliphatic carbocycles. The lowest BCUT2D eigenvalue weighted by atomic mass is 9.96. The van der Waals surface area contributed by atoms with E-state index in [1.165, 1.54) is 22.8 Å². The van der Waals surface area contributed by atoms with Crippen molar-refractivity contribution in [3.63, 3.8) is 0 Å². The summed E-state index contributed by atoms with van der Waals surface area (Å²) in [6.45, 7) is 3.89. The van der Waals surface area contributed by atoms with E-state index < -0.39 is 43.8 Å². The van der Waals surface area contributed by atoms with Crippen LogP contribution >= 0.6 is 19.5 Å². The minimum Gasteiger partial charge on any atom is -0.395 e. The van der Waals surface area contributed by atoms with Crippen molar-refractivity contribution < 1.29 is 38.5 Å². The molecule has 2 aromatic heterocycles. The molecule has 5 atom stereocenters. The van der Waals surface area contributed by atoms with Gasteiger partial charge >= 0.3 is 7.75 Å². The number of ether oxygens (including phenoxy) is 1. The first kappa shape index (κ1) is 34.2. The summed E-state index contributed by atoms with van der Waals surface area (Å²) in [4.78, 5) is 25.0. The Labute approximate surface area is 258 Å². The molecule has 8 N–H and O–H groups in total. The highest BCUT2D eigenvalue weighted by atomic mass is 32.2. The highest BCUT2D eigenvalue weighted by molar-refractivity contribution is 8.13. The fourth-order valence-corrected chi connectivity index (χ4v) is 6.59. The zero-order valence-corrected chi connectivity index (χ0v) is 26.6. The van der Waals surface area contributed by atoms with Crippen molar-refractivity contribution in [1.82, 2.24) is 24.6 Å². The summed E-state index contributed by atoms with van der Waals surface area (Å²) in [7, 11) is -2.47. The Balaban J connectivity index is 1.48. The molecular weight excluding hydrogens is 615 g/mol. The monoisotopic (exact) mass is 654 g/mol. The Morgan fingerprint density at radius 3 is 2.66 bits per heavy atom. The van der Waals surface area contributed by atoms with Gasteiger partial charge in [0.2, 0.25) is 5.95 Å². The van der Waals surface area contributed by atoms with Crippen LogP contribution in [-0.2, 0) is 29.7 Å². The van der Waals surface area contributed by atoms with Gasteiger partial charge in [-0.05, 0) is 26.3 Å². The second-order valence-corrected chi connectivity index (χ2v) is 14.1. The number of nitrogens with one attached hydrogen (secondary N) is 1. The van der Waals surface area contributed by atoms with Gasteiger partial charge in [-0.3, -0.25) is 23.4 Å². The summed E-state index contributed by atoms with van der Waals surface area (Å²) < 4.78 is 32.5. The Morgan fingerprint density at radius 2 is 2.00 bits per heavy atom. The van der Waals surface area contributed by atoms with Crippen molar-refractivity contribution in [2.45, 2.75) is 51.4 Å². The number of nitrogens with zero attached hydrogens (tertiary/aromatic N) is 5. The highest BCUT2D eigenvalue weighted by Crippen LogP contribution is 2.47. The smallest absolute Gasteiger partial charge is 0.395 e. The molecule has 1 fully saturated rings. The van der Waals surface area contributed by atoms with Crippen molar-refractivity contribution in [1.29, 1.82) is 0 Å². The topological polar surface area (TPSA) is 233 Å². The highest BCUT2D eigenvalue weighted by Gasteiger charge is 2.54. The predicted octanol–water partition coefficient (Wildman–Crippen LogP) is 0.937. The maximum Gasteiger partial charge on any atom is 0.405 e. The fraction of sp³-hybridized carbons (Fsp3) is 0.538. The molecule has 1 aromatic carbocycles. The minimum absolute atomic E-state index is 0.0908. The van der Waals surface area contributed by atoms with Crippen LogP contribution in [0.25, 0.3) is 11.2 Å². The number of rotatable bonds is 14. The number of benzene rings is 1. The molecule has 44 heavy (non-hydrogen) atoms. The van der Waals surface area contributed by atoms with Crippen molar-refractivity contribution in [3.8, 4) is 0 Å². The number of aliphatic hydroxyl groups excluding tert-OH is 2. The van der Waals surface area contributed by atoms with Gasteiger partial charge in [0.15, 0.2) is 28.3 Å². The second kappa shape index (κ2) is 13.7. The van der Waals surface area contributed by atoms with Crippen molar-refractivity contribution >= 4 is 47.6 Å². The van der Waals surface area contributed by atoms with Crippen molar-refractivity contribution in [2.24, 2.45) is 11.3 Å². The number of aromatic nitrogens is 4. The second-order valence-electron chi connectivity index (χ2n) is 11.2. The first-order valence-electron chi connectivity index (χ1n) is 13.7. The SMILES string of the molecule is CN(N)c1nc(N)nc2c1ncn2C1O[C@H](COP(=O)(NCc2ccccc2)OCCSC(=O)C(C)(C)CO)C(O)C1(C)O. The zero-order chi connectivity index (χ0) is 32.3. The fourth-order valence-electron chi connectivity index (χ4n) is 4.35. The van der Waals surface area contributed by atoms with E-state index in [0.717, 1.165) is 17.3 Å². The van der Waals surface area contributed by atoms with Crippen LogP contribution in [0.4, 0.5) is 11.8 Å². The van der Waals surface area contributed by atoms with E-state index in [1.54, 1.807) is 20.9 Å². The summed E-state index contributed by atoms with van der Waals surface area (Å²) in [6, 6.07) is 9.15. The van der Waals surface area contributed by atoms with Crippen LogP contribution in [0.15, 0.2) is 36.7 Å². The van der Waals surface area contributed by atoms with E-state index in [9.17, 15) is 24.7 Å². The Hall–Kier alpha value is -2.70. The maximum atomic E-state index is 13.8. The van der Waals surface area contributed by atoms with Gasteiger partial charge in [-0.15, -0.1) is 0 Å². The third kappa shape index (κ3) is 7.56. The number of aliphatic hydroxyl groups is 3. The normalized spacial score (nSPS) is 23.6. The third-order valence-electron chi connectivity index (χ3n) is 7.02. The van der Waals surface area contributed by atoms with Crippen LogP contribution < -0.4 is 21.7 Å². The molecule has 0 saturated carbocycles. The van der Waals surface area contributed by atoms with E-state index in [4.69, 9.17) is 25.4 Å². The number of hydrazine groups is 1. The molecule has 16 nitrogen and oxygen atoms in total. The summed E-state index contributed by atoms with van der Waals surface area (Å²) in [6.07, 6.45) is -2.48. The average molecular weight is 655 g/mol. The summed E-state index contributed by atoms with van der Waals surface area (Å²) >= 11 is 0.945. The Bertz CT molecular complexity index is 1490. The number of nitrogen functional groups attached to an aromatic ring is 1. The molecule has 3 aromatic rings. The molecule has 3 heterocycles. The molecule has 0 bridgehead atoms. The van der Waals surface area contributed by atoms with Gasteiger partial charge in [-0.1, -0.05) is 42.1 Å². The van der Waals surface area contributed by atoms with E-state index in [0.29, 0.717) is 5.52 Å². The maximum absolute atomic E-state index is 13.8. The standard InChI is InChI=1S/C26H39N8O8PS/c1-25(2,14-35)23(37)44-11-10-40-43(39,30-12-16-8-6-5-7-9-16)41-13-17-19(36)26(3,38)22(42-17)34-15-29-18-20(33(4)28)31-24(27)32-21(18)34/h5-9,15,17,19,22,35-36,38H,10-14,28H2,1-4H3,(H,30,39)(H2,27,31,32)/t17-,19?,22?,26?,43?/m1/s1. The molecule has 18 heteroatoms. The number of carbonyl (C=O) groups is 1. The van der Waals surface area contributed by atoms with Crippen molar-refractivity contribution in [3.05, 3.63) is 42.2 Å². The van der Waals surface area contributed by atoms with Crippen LogP contribution in [0, 0.1) is 5.41 Å². The summed E-state index contributed by atoms with van der Waals surface area (Å²) in [5.74, 6) is 6.17. The minimum atomic E-state index is -4.03. The Kier molecular flexibility index (Phi) is 10.7. The first-order chi connectivity index (χ1) is 20.7. The van der Waals surface area contributed by atoms with Gasteiger partial charge in [0.05, 0.1) is 31.6 Å². The van der Waals surface area contributed by atoms with Gasteiger partial charge < -0.3 is 25.8 Å². The molecule has 1 aliphatic rings. The van der Waals surface area contributed by atoms with Gasteiger partial charge in [-0.25, -0.2) is 20.5 Å². The van der Waals surface area contributed by atoms with Crippen LogP contribution in [0.3, 0.4) is 0 Å². The van der Waals surface area contributed by atoms with Gasteiger partial charge in [0.1, 0.15) is 17.8 Å². The molecule has 1 aliphatic heterocycles. The largest absolute Gasteiger partial charge is 0.405 e. The zero-order valence-electron chi connectivity index (χ0n) is 24.9. The van der Waals surface area contributed by atoms with Gasteiger partial charge in [0.25, 0.3) is 0 Å². The summed E-state index contributed by atoms with van der Waals surface area (Å²) in [5, 5.41) is 35.6. The predicted molar refractivity (Wildman–Crippen MR) is 164 cm³/mol. The molecule has 1 saturated heterocycles. The number of fused-ring (bicyclic) bond motifs is 1. The molecule has 4 unspecified atom stereocenters. The molecule has 0 radical (unpaired) electrons. The number of thioether (sulfide) groups is 1. The van der Waals surface area contributed by atoms with Crippen LogP contribution in [-0.4, -0.2) is 90.4 Å². The van der Waals surface area contributed by atoms with Gasteiger partial charge in [0, 0.05) is 19.3 Å². The van der Waals surface area contributed by atoms with Gasteiger partial charge in [-0.2, -0.15) is 9.97 Å². The average Bonchev–Trinajstić information content (AvgIpc) is 3.50. The number of imidazole rings is 1. The van der Waals surface area contributed by atoms with E-state index >= 15 is 0 Å². The Morgan fingerprint density at radius 1 is 1.30 bits per heavy atom. The van der Waals surface area contributed by atoms with E-state index in [1.807, 2.05) is 30.3 Å². The van der Waals surface area contributed by atoms with Crippen LogP contribution in [0.5, 0.6) is 0 Å².